The Morgan fingerprint density at radius 3 is 3.00 bits per heavy atom. The molecule has 0 saturated carbocycles. The van der Waals surface area contributed by atoms with Crippen LogP contribution >= 0.6 is 0 Å². The molecule has 2 heterocycles. The number of nitrogens with zero attached hydrogens (tertiary/aromatic N) is 4. The quantitative estimate of drug-likeness (QED) is 0.876. The van der Waals surface area contributed by atoms with Crippen molar-refractivity contribution in [1.82, 2.24) is 25.5 Å². The topological polar surface area (TPSA) is 84.7 Å². The van der Waals surface area contributed by atoms with Gasteiger partial charge in [-0.15, -0.1) is 5.10 Å². The number of tetrazole rings is 1. The average Bonchev–Trinajstić information content (AvgIpc) is 3.10. The maximum atomic E-state index is 12.3. The highest BCUT2D eigenvalue weighted by Crippen LogP contribution is 2.24. The smallest absolute Gasteiger partial charge is 0.224 e. The minimum absolute atomic E-state index is 0.0601. The highest BCUT2D eigenvalue weighted by atomic mass is 16.1. The third-order valence-electron chi connectivity index (χ3n) is 4.44. The van der Waals surface area contributed by atoms with Crippen molar-refractivity contribution in [3.05, 3.63) is 30.6 Å². The monoisotopic (exact) mass is 314 g/mol. The van der Waals surface area contributed by atoms with Crippen molar-refractivity contribution < 1.29 is 4.79 Å². The van der Waals surface area contributed by atoms with Gasteiger partial charge in [0.1, 0.15) is 6.33 Å². The standard InChI is InChI=1S/C16H22N6O/c1-12(13-5-7-17-8-6-13)9-16(23)19-14-3-2-4-15(10-14)22-11-18-20-21-22/h2-4,10-13,17H,5-9H2,1H3,(H,19,23). The molecule has 3 rings (SSSR count). The van der Waals surface area contributed by atoms with Gasteiger partial charge >= 0.3 is 0 Å². The molecule has 1 fully saturated rings. The van der Waals surface area contributed by atoms with E-state index in [-0.39, 0.29) is 5.91 Å². The van der Waals surface area contributed by atoms with Crippen molar-refractivity contribution in [3.63, 3.8) is 0 Å². The molecule has 122 valence electrons. The zero-order valence-corrected chi connectivity index (χ0v) is 13.3. The van der Waals surface area contributed by atoms with Gasteiger partial charge in [0.05, 0.1) is 5.69 Å². The molecule has 1 amide bonds. The van der Waals surface area contributed by atoms with Crippen LogP contribution in [0.5, 0.6) is 0 Å². The first-order valence-electron chi connectivity index (χ1n) is 8.06. The van der Waals surface area contributed by atoms with Crippen molar-refractivity contribution in [2.24, 2.45) is 11.8 Å². The molecule has 23 heavy (non-hydrogen) atoms. The third-order valence-corrected chi connectivity index (χ3v) is 4.44. The Bertz CT molecular complexity index is 636. The summed E-state index contributed by atoms with van der Waals surface area (Å²) in [6, 6.07) is 7.51. The maximum absolute atomic E-state index is 12.3. The lowest BCUT2D eigenvalue weighted by Crippen LogP contribution is -2.32. The van der Waals surface area contributed by atoms with E-state index in [2.05, 4.69) is 33.1 Å². The molecular weight excluding hydrogens is 292 g/mol. The number of benzene rings is 1. The first-order valence-corrected chi connectivity index (χ1v) is 8.06. The van der Waals surface area contributed by atoms with Gasteiger partial charge in [0.25, 0.3) is 0 Å². The molecule has 0 spiro atoms. The van der Waals surface area contributed by atoms with E-state index < -0.39 is 0 Å². The SMILES string of the molecule is CC(CC(=O)Nc1cccc(-n2cnnn2)c1)C1CCNCC1. The predicted octanol–water partition coefficient (Wildman–Crippen LogP) is 1.63. The van der Waals surface area contributed by atoms with Crippen LogP contribution in [0.15, 0.2) is 30.6 Å². The number of carbonyl (C=O) groups is 1. The van der Waals surface area contributed by atoms with Crippen molar-refractivity contribution in [2.75, 3.05) is 18.4 Å². The summed E-state index contributed by atoms with van der Waals surface area (Å²) in [5, 5.41) is 17.4. The van der Waals surface area contributed by atoms with E-state index in [1.807, 2.05) is 24.3 Å². The summed E-state index contributed by atoms with van der Waals surface area (Å²) >= 11 is 0. The number of hydrogen-bond donors (Lipinski definition) is 2. The second-order valence-electron chi connectivity index (χ2n) is 6.12. The lowest BCUT2D eigenvalue weighted by molar-refractivity contribution is -0.117. The van der Waals surface area contributed by atoms with Gasteiger partial charge in [-0.2, -0.15) is 0 Å². The molecule has 1 atom stereocenters. The molecule has 1 unspecified atom stereocenters. The van der Waals surface area contributed by atoms with Gasteiger partial charge in [0.15, 0.2) is 0 Å². The minimum Gasteiger partial charge on any atom is -0.326 e. The third kappa shape index (κ3) is 4.13. The largest absolute Gasteiger partial charge is 0.326 e. The molecule has 0 bridgehead atoms. The van der Waals surface area contributed by atoms with Crippen molar-refractivity contribution in [3.8, 4) is 5.69 Å². The molecule has 7 nitrogen and oxygen atoms in total. The van der Waals surface area contributed by atoms with Gasteiger partial charge in [0, 0.05) is 12.1 Å². The van der Waals surface area contributed by atoms with Gasteiger partial charge in [-0.3, -0.25) is 4.79 Å². The zero-order chi connectivity index (χ0) is 16.1. The normalized spacial score (nSPS) is 16.9. The number of hydrogen-bond acceptors (Lipinski definition) is 5. The van der Waals surface area contributed by atoms with Crippen LogP contribution < -0.4 is 10.6 Å². The molecule has 1 aromatic heterocycles. The Morgan fingerprint density at radius 2 is 2.26 bits per heavy atom. The molecule has 0 radical (unpaired) electrons. The van der Waals surface area contributed by atoms with Crippen molar-refractivity contribution in [1.29, 1.82) is 0 Å². The lowest BCUT2D eigenvalue weighted by Gasteiger charge is -2.27. The van der Waals surface area contributed by atoms with Crippen LogP contribution in [0.2, 0.25) is 0 Å². The maximum Gasteiger partial charge on any atom is 0.224 e. The fourth-order valence-electron chi connectivity index (χ4n) is 3.09. The number of nitrogens with one attached hydrogen (secondary N) is 2. The van der Waals surface area contributed by atoms with E-state index in [1.54, 1.807) is 4.68 Å². The summed E-state index contributed by atoms with van der Waals surface area (Å²) < 4.78 is 1.56. The van der Waals surface area contributed by atoms with E-state index in [0.29, 0.717) is 18.3 Å². The molecule has 2 aromatic rings. The Balaban J connectivity index is 1.58. The summed E-state index contributed by atoms with van der Waals surface area (Å²) in [5.74, 6) is 1.10. The van der Waals surface area contributed by atoms with Crippen LogP contribution in [0.25, 0.3) is 5.69 Å². The average molecular weight is 314 g/mol. The van der Waals surface area contributed by atoms with Gasteiger partial charge in [-0.05, 0) is 66.4 Å². The first-order chi connectivity index (χ1) is 11.2. The fourth-order valence-corrected chi connectivity index (χ4v) is 3.09. The number of piperidine rings is 1. The van der Waals surface area contributed by atoms with Crippen LogP contribution in [-0.4, -0.2) is 39.2 Å². The van der Waals surface area contributed by atoms with E-state index in [1.165, 1.54) is 6.33 Å². The minimum atomic E-state index is 0.0601. The van der Waals surface area contributed by atoms with E-state index in [4.69, 9.17) is 0 Å². The number of carbonyl (C=O) groups excluding carboxylic acids is 1. The summed E-state index contributed by atoms with van der Waals surface area (Å²) in [6.07, 6.45) is 4.40. The first kappa shape index (κ1) is 15.6. The Kier molecular flexibility index (Phi) is 4.97. The predicted molar refractivity (Wildman–Crippen MR) is 87.2 cm³/mol. The second-order valence-corrected chi connectivity index (χ2v) is 6.12. The number of anilines is 1. The van der Waals surface area contributed by atoms with Gasteiger partial charge < -0.3 is 10.6 Å². The Hall–Kier alpha value is -2.28. The van der Waals surface area contributed by atoms with Crippen LogP contribution in [0.1, 0.15) is 26.2 Å². The molecule has 1 saturated heterocycles. The number of aromatic nitrogens is 4. The molecule has 1 aromatic carbocycles. The zero-order valence-electron chi connectivity index (χ0n) is 13.3. The molecular formula is C16H22N6O. The summed E-state index contributed by atoms with van der Waals surface area (Å²) in [6.45, 7) is 4.29. The summed E-state index contributed by atoms with van der Waals surface area (Å²) in [4.78, 5) is 12.3. The molecule has 1 aliphatic heterocycles. The summed E-state index contributed by atoms with van der Waals surface area (Å²) in [5.41, 5.74) is 1.58. The van der Waals surface area contributed by atoms with Crippen molar-refractivity contribution in [2.45, 2.75) is 26.2 Å². The van der Waals surface area contributed by atoms with Gasteiger partial charge in [-0.25, -0.2) is 4.68 Å². The second kappa shape index (κ2) is 7.32. The number of amides is 1. The van der Waals surface area contributed by atoms with Crippen LogP contribution in [-0.2, 0) is 4.79 Å². The molecule has 7 heteroatoms. The van der Waals surface area contributed by atoms with E-state index >= 15 is 0 Å². The van der Waals surface area contributed by atoms with Gasteiger partial charge in [0.2, 0.25) is 5.91 Å². The fraction of sp³-hybridized carbons (Fsp3) is 0.500. The van der Waals surface area contributed by atoms with Crippen molar-refractivity contribution >= 4 is 11.6 Å². The Morgan fingerprint density at radius 1 is 1.43 bits per heavy atom. The van der Waals surface area contributed by atoms with Gasteiger partial charge in [-0.1, -0.05) is 13.0 Å². The highest BCUT2D eigenvalue weighted by Gasteiger charge is 2.22. The van der Waals surface area contributed by atoms with Crippen LogP contribution in [0.4, 0.5) is 5.69 Å². The number of rotatable bonds is 5. The highest BCUT2D eigenvalue weighted by molar-refractivity contribution is 5.91. The molecule has 0 aliphatic carbocycles. The Labute approximate surface area is 135 Å². The molecule has 2 N–H and O–H groups in total. The molecule has 1 aliphatic rings. The van der Waals surface area contributed by atoms with Crippen LogP contribution in [0.3, 0.4) is 0 Å². The van der Waals surface area contributed by atoms with E-state index in [0.717, 1.165) is 37.3 Å². The lowest BCUT2D eigenvalue weighted by atomic mass is 9.84. The summed E-state index contributed by atoms with van der Waals surface area (Å²) in [7, 11) is 0. The van der Waals surface area contributed by atoms with E-state index in [9.17, 15) is 4.79 Å². The van der Waals surface area contributed by atoms with Crippen LogP contribution in [0, 0.1) is 11.8 Å².